The van der Waals surface area contributed by atoms with Gasteiger partial charge in [-0.05, 0) is 60.4 Å². The summed E-state index contributed by atoms with van der Waals surface area (Å²) in [5.41, 5.74) is 2.89. The quantitative estimate of drug-likeness (QED) is 0.376. The highest BCUT2D eigenvalue weighted by atomic mass is 16.2. The molecule has 0 aliphatic heterocycles. The van der Waals surface area contributed by atoms with Crippen LogP contribution in [0.5, 0.6) is 0 Å². The van der Waals surface area contributed by atoms with Crippen molar-refractivity contribution >= 4 is 27.5 Å². The molecular weight excluding hydrogens is 354 g/mol. The molecule has 0 unspecified atom stereocenters. The van der Waals surface area contributed by atoms with Crippen LogP contribution in [0.2, 0.25) is 0 Å². The molecule has 0 aliphatic carbocycles. The Morgan fingerprint density at radius 2 is 1.17 bits per heavy atom. The van der Waals surface area contributed by atoms with Crippen LogP contribution in [-0.4, -0.2) is 22.9 Å². The van der Waals surface area contributed by atoms with Crippen molar-refractivity contribution in [3.8, 4) is 11.1 Å². The standard InChI is InChI=1S/C27H27NO/c1-18(2)28(19(3)4)27(29)26-23-14-8-6-11-21(23)16-17-25(26)24-15-9-12-20-10-5-7-13-22(20)24/h5-19H,1-4H3. The molecule has 4 rings (SSSR count). The fourth-order valence-electron chi connectivity index (χ4n) is 4.38. The Labute approximate surface area is 172 Å². The molecular formula is C27H27NO. The molecule has 0 saturated heterocycles. The molecule has 4 aromatic carbocycles. The van der Waals surface area contributed by atoms with E-state index in [2.05, 4.69) is 94.4 Å². The lowest BCUT2D eigenvalue weighted by Gasteiger charge is -2.32. The van der Waals surface area contributed by atoms with E-state index in [1.807, 2.05) is 17.0 Å². The van der Waals surface area contributed by atoms with Gasteiger partial charge >= 0.3 is 0 Å². The number of nitrogens with zero attached hydrogens (tertiary/aromatic N) is 1. The number of rotatable bonds is 4. The molecule has 0 aromatic heterocycles. The van der Waals surface area contributed by atoms with Crippen molar-refractivity contribution in [2.24, 2.45) is 0 Å². The molecule has 0 saturated carbocycles. The van der Waals surface area contributed by atoms with Crippen LogP contribution in [0.15, 0.2) is 78.9 Å². The third-order valence-electron chi connectivity index (χ3n) is 5.57. The van der Waals surface area contributed by atoms with E-state index in [4.69, 9.17) is 0 Å². The zero-order valence-corrected chi connectivity index (χ0v) is 17.5. The van der Waals surface area contributed by atoms with Gasteiger partial charge in [0.05, 0.1) is 5.56 Å². The first kappa shape index (κ1) is 19.2. The largest absolute Gasteiger partial charge is 0.334 e. The Kier molecular flexibility index (Phi) is 5.10. The van der Waals surface area contributed by atoms with Gasteiger partial charge in [0, 0.05) is 12.1 Å². The van der Waals surface area contributed by atoms with E-state index in [0.29, 0.717) is 0 Å². The lowest BCUT2D eigenvalue weighted by Crippen LogP contribution is -2.42. The SMILES string of the molecule is CC(C)N(C(=O)c1c(-c2cccc3ccccc23)ccc2ccccc12)C(C)C. The van der Waals surface area contributed by atoms with Crippen molar-refractivity contribution in [1.29, 1.82) is 0 Å². The maximum absolute atomic E-state index is 13.9. The van der Waals surface area contributed by atoms with Gasteiger partial charge in [-0.25, -0.2) is 0 Å². The molecule has 146 valence electrons. The van der Waals surface area contributed by atoms with Gasteiger partial charge in [0.2, 0.25) is 0 Å². The van der Waals surface area contributed by atoms with Gasteiger partial charge < -0.3 is 4.90 Å². The molecule has 29 heavy (non-hydrogen) atoms. The minimum absolute atomic E-state index is 0.0923. The van der Waals surface area contributed by atoms with E-state index in [0.717, 1.165) is 27.5 Å². The number of fused-ring (bicyclic) bond motifs is 2. The number of carbonyl (C=O) groups is 1. The van der Waals surface area contributed by atoms with Gasteiger partial charge in [-0.1, -0.05) is 78.9 Å². The Balaban J connectivity index is 2.05. The minimum atomic E-state index is 0.0923. The van der Waals surface area contributed by atoms with Crippen LogP contribution in [0.3, 0.4) is 0 Å². The molecule has 0 spiro atoms. The van der Waals surface area contributed by atoms with Crippen molar-refractivity contribution < 1.29 is 4.79 Å². The second-order valence-electron chi connectivity index (χ2n) is 8.14. The zero-order chi connectivity index (χ0) is 20.5. The van der Waals surface area contributed by atoms with Crippen molar-refractivity contribution in [3.63, 3.8) is 0 Å². The van der Waals surface area contributed by atoms with E-state index in [1.54, 1.807) is 0 Å². The van der Waals surface area contributed by atoms with E-state index >= 15 is 0 Å². The zero-order valence-electron chi connectivity index (χ0n) is 17.5. The molecule has 0 N–H and O–H groups in total. The summed E-state index contributed by atoms with van der Waals surface area (Å²) >= 11 is 0. The predicted octanol–water partition coefficient (Wildman–Crippen LogP) is 6.92. The highest BCUT2D eigenvalue weighted by molar-refractivity contribution is 6.14. The van der Waals surface area contributed by atoms with Gasteiger partial charge in [-0.15, -0.1) is 0 Å². The van der Waals surface area contributed by atoms with E-state index in [1.165, 1.54) is 10.8 Å². The lowest BCUT2D eigenvalue weighted by molar-refractivity contribution is 0.0646. The molecule has 2 nitrogen and oxygen atoms in total. The second-order valence-corrected chi connectivity index (χ2v) is 8.14. The summed E-state index contributed by atoms with van der Waals surface area (Å²) in [4.78, 5) is 15.9. The van der Waals surface area contributed by atoms with Gasteiger partial charge in [-0.2, -0.15) is 0 Å². The summed E-state index contributed by atoms with van der Waals surface area (Å²) in [7, 11) is 0. The molecule has 1 amide bonds. The summed E-state index contributed by atoms with van der Waals surface area (Å²) in [6, 6.07) is 27.4. The van der Waals surface area contributed by atoms with Gasteiger partial charge in [-0.3, -0.25) is 4.79 Å². The molecule has 0 fully saturated rings. The summed E-state index contributed by atoms with van der Waals surface area (Å²) in [5.74, 6) is 0.0923. The molecule has 0 bridgehead atoms. The van der Waals surface area contributed by atoms with Crippen LogP contribution in [0, 0.1) is 0 Å². The Morgan fingerprint density at radius 3 is 1.83 bits per heavy atom. The number of carbonyl (C=O) groups excluding carboxylic acids is 1. The first-order chi connectivity index (χ1) is 14.0. The Hall–Kier alpha value is -3.13. The van der Waals surface area contributed by atoms with E-state index < -0.39 is 0 Å². The number of benzene rings is 4. The lowest BCUT2D eigenvalue weighted by atomic mass is 9.90. The first-order valence-electron chi connectivity index (χ1n) is 10.3. The first-order valence-corrected chi connectivity index (χ1v) is 10.3. The van der Waals surface area contributed by atoms with Crippen LogP contribution < -0.4 is 0 Å². The van der Waals surface area contributed by atoms with Crippen LogP contribution in [-0.2, 0) is 0 Å². The summed E-state index contributed by atoms with van der Waals surface area (Å²) in [6.07, 6.45) is 0. The molecule has 0 heterocycles. The Morgan fingerprint density at radius 1 is 0.621 bits per heavy atom. The smallest absolute Gasteiger partial charge is 0.255 e. The molecule has 4 aromatic rings. The van der Waals surface area contributed by atoms with Crippen molar-refractivity contribution in [1.82, 2.24) is 4.90 Å². The van der Waals surface area contributed by atoms with E-state index in [-0.39, 0.29) is 18.0 Å². The van der Waals surface area contributed by atoms with Crippen molar-refractivity contribution in [2.45, 2.75) is 39.8 Å². The number of hydrogen-bond donors (Lipinski definition) is 0. The maximum atomic E-state index is 13.9. The third kappa shape index (κ3) is 3.40. The van der Waals surface area contributed by atoms with Crippen molar-refractivity contribution in [2.75, 3.05) is 0 Å². The van der Waals surface area contributed by atoms with E-state index in [9.17, 15) is 4.79 Å². The maximum Gasteiger partial charge on any atom is 0.255 e. The molecule has 2 heteroatoms. The number of hydrogen-bond acceptors (Lipinski definition) is 1. The minimum Gasteiger partial charge on any atom is -0.334 e. The average Bonchev–Trinajstić information content (AvgIpc) is 2.72. The second kappa shape index (κ2) is 7.71. The van der Waals surface area contributed by atoms with Crippen LogP contribution in [0.1, 0.15) is 38.1 Å². The van der Waals surface area contributed by atoms with Gasteiger partial charge in [0.25, 0.3) is 5.91 Å². The molecule has 0 aliphatic rings. The van der Waals surface area contributed by atoms with Crippen LogP contribution >= 0.6 is 0 Å². The predicted molar refractivity (Wildman–Crippen MR) is 123 cm³/mol. The monoisotopic (exact) mass is 381 g/mol. The normalized spacial score (nSPS) is 11.5. The van der Waals surface area contributed by atoms with Gasteiger partial charge in [0.1, 0.15) is 0 Å². The summed E-state index contributed by atoms with van der Waals surface area (Å²) in [5, 5.41) is 4.45. The number of amides is 1. The molecule has 0 radical (unpaired) electrons. The summed E-state index contributed by atoms with van der Waals surface area (Å²) in [6.45, 7) is 8.34. The molecule has 0 atom stereocenters. The van der Waals surface area contributed by atoms with Crippen molar-refractivity contribution in [3.05, 3.63) is 84.4 Å². The fraction of sp³-hybridized carbons (Fsp3) is 0.222. The summed E-state index contributed by atoms with van der Waals surface area (Å²) < 4.78 is 0. The average molecular weight is 382 g/mol. The van der Waals surface area contributed by atoms with Crippen LogP contribution in [0.25, 0.3) is 32.7 Å². The topological polar surface area (TPSA) is 20.3 Å². The highest BCUT2D eigenvalue weighted by Gasteiger charge is 2.26. The fourth-order valence-corrected chi connectivity index (χ4v) is 4.38. The third-order valence-corrected chi connectivity index (χ3v) is 5.57. The van der Waals surface area contributed by atoms with Crippen LogP contribution in [0.4, 0.5) is 0 Å². The highest BCUT2D eigenvalue weighted by Crippen LogP contribution is 2.36. The van der Waals surface area contributed by atoms with Gasteiger partial charge in [0.15, 0.2) is 0 Å². The Bertz CT molecular complexity index is 1180.